The van der Waals surface area contributed by atoms with Crippen molar-refractivity contribution in [1.29, 1.82) is 0 Å². The maximum Gasteiger partial charge on any atom is 0.273 e. The Hall–Kier alpha value is -1.06. The number of aliphatic imine (C=N–C) groups is 2. The van der Waals surface area contributed by atoms with Gasteiger partial charge in [-0.25, -0.2) is 9.98 Å². The Morgan fingerprint density at radius 1 is 0.708 bits per heavy atom. The molecule has 0 aromatic carbocycles. The molecule has 0 aliphatic carbocycles. The topological polar surface area (TPSA) is 43.2 Å². The SMILES string of the molecule is CCCC(CCC)C1COC(C2=NC(C(CCC)CCC)CO2)=N1. The molecule has 2 rings (SSSR count). The maximum atomic E-state index is 5.87. The van der Waals surface area contributed by atoms with Crippen molar-refractivity contribution < 1.29 is 9.47 Å². The molecular weight excluding hydrogens is 300 g/mol. The standard InChI is InChI=1S/C20H36N2O2/c1-5-9-15(10-6-2)17-13-23-19(21-17)20-22-18(14-24-20)16(11-7-3)12-8-4/h15-18H,5-14H2,1-4H3. The number of ether oxygens (including phenoxy) is 2. The van der Waals surface area contributed by atoms with Crippen LogP contribution in [0.4, 0.5) is 0 Å². The van der Waals surface area contributed by atoms with Crippen molar-refractivity contribution in [3.05, 3.63) is 0 Å². The van der Waals surface area contributed by atoms with Gasteiger partial charge in [0.1, 0.15) is 13.2 Å². The highest BCUT2D eigenvalue weighted by atomic mass is 16.5. The van der Waals surface area contributed by atoms with Gasteiger partial charge in [-0.05, 0) is 37.5 Å². The number of hydrogen-bond acceptors (Lipinski definition) is 4. The Labute approximate surface area is 148 Å². The molecule has 4 nitrogen and oxygen atoms in total. The van der Waals surface area contributed by atoms with Crippen LogP contribution in [0.2, 0.25) is 0 Å². The molecule has 2 atom stereocenters. The van der Waals surface area contributed by atoms with Crippen molar-refractivity contribution in [3.8, 4) is 0 Å². The first-order valence-corrected chi connectivity index (χ1v) is 10.1. The highest BCUT2D eigenvalue weighted by Crippen LogP contribution is 2.27. The first-order chi connectivity index (χ1) is 11.7. The molecule has 0 saturated carbocycles. The second-order valence-electron chi connectivity index (χ2n) is 7.30. The lowest BCUT2D eigenvalue weighted by atomic mass is 9.91. The van der Waals surface area contributed by atoms with E-state index in [2.05, 4.69) is 27.7 Å². The minimum atomic E-state index is 0.285. The molecule has 0 spiro atoms. The molecule has 0 bridgehead atoms. The van der Waals surface area contributed by atoms with E-state index in [1.165, 1.54) is 51.4 Å². The van der Waals surface area contributed by atoms with E-state index < -0.39 is 0 Å². The second-order valence-corrected chi connectivity index (χ2v) is 7.30. The van der Waals surface area contributed by atoms with E-state index in [-0.39, 0.29) is 12.1 Å². The smallest absolute Gasteiger partial charge is 0.273 e. The third-order valence-electron chi connectivity index (χ3n) is 5.26. The predicted octanol–water partition coefficient (Wildman–Crippen LogP) is 5.01. The van der Waals surface area contributed by atoms with Gasteiger partial charge in [0, 0.05) is 0 Å². The molecule has 0 aromatic heterocycles. The number of nitrogens with zero attached hydrogens (tertiary/aromatic N) is 2. The van der Waals surface area contributed by atoms with Crippen molar-refractivity contribution >= 4 is 11.8 Å². The summed E-state index contributed by atoms with van der Waals surface area (Å²) < 4.78 is 11.7. The van der Waals surface area contributed by atoms with Gasteiger partial charge in [0.05, 0.1) is 12.1 Å². The Morgan fingerprint density at radius 2 is 1.04 bits per heavy atom. The van der Waals surface area contributed by atoms with Gasteiger partial charge in [-0.3, -0.25) is 0 Å². The van der Waals surface area contributed by atoms with E-state index >= 15 is 0 Å². The van der Waals surface area contributed by atoms with E-state index in [0.29, 0.717) is 36.8 Å². The Morgan fingerprint density at radius 3 is 1.33 bits per heavy atom. The summed E-state index contributed by atoms with van der Waals surface area (Å²) in [6, 6.07) is 0.569. The summed E-state index contributed by atoms with van der Waals surface area (Å²) in [4.78, 5) is 9.66. The van der Waals surface area contributed by atoms with Gasteiger partial charge in [-0.1, -0.05) is 53.4 Å². The summed E-state index contributed by atoms with van der Waals surface area (Å²) in [6.07, 6.45) is 9.74. The molecule has 0 aromatic rings. The molecule has 0 N–H and O–H groups in total. The van der Waals surface area contributed by atoms with Gasteiger partial charge < -0.3 is 9.47 Å². The third kappa shape index (κ3) is 4.97. The Balaban J connectivity index is 2.00. The van der Waals surface area contributed by atoms with Crippen LogP contribution in [-0.2, 0) is 9.47 Å². The minimum absolute atomic E-state index is 0.285. The molecule has 2 aliphatic heterocycles. The minimum Gasteiger partial charge on any atom is -0.472 e. The lowest BCUT2D eigenvalue weighted by Crippen LogP contribution is -2.20. The molecule has 2 unspecified atom stereocenters. The summed E-state index contributed by atoms with van der Waals surface area (Å²) >= 11 is 0. The van der Waals surface area contributed by atoms with E-state index in [4.69, 9.17) is 19.5 Å². The average Bonchev–Trinajstić information content (AvgIpc) is 3.24. The normalized spacial score (nSPS) is 23.4. The van der Waals surface area contributed by atoms with Crippen LogP contribution in [0.1, 0.15) is 79.1 Å². The number of hydrogen-bond donors (Lipinski definition) is 0. The van der Waals surface area contributed by atoms with E-state index in [0.717, 1.165) is 0 Å². The highest BCUT2D eigenvalue weighted by molar-refractivity contribution is 6.36. The van der Waals surface area contributed by atoms with Crippen molar-refractivity contribution in [2.75, 3.05) is 13.2 Å². The molecule has 2 heterocycles. The van der Waals surface area contributed by atoms with Crippen LogP contribution in [-0.4, -0.2) is 37.1 Å². The fourth-order valence-electron chi connectivity index (χ4n) is 4.04. The monoisotopic (exact) mass is 336 g/mol. The van der Waals surface area contributed by atoms with Crippen LogP contribution in [0.25, 0.3) is 0 Å². The lowest BCUT2D eigenvalue weighted by molar-refractivity contribution is 0.248. The molecule has 138 valence electrons. The van der Waals surface area contributed by atoms with Gasteiger partial charge >= 0.3 is 0 Å². The molecular formula is C20H36N2O2. The predicted molar refractivity (Wildman–Crippen MR) is 101 cm³/mol. The third-order valence-corrected chi connectivity index (χ3v) is 5.26. The number of rotatable bonds is 11. The van der Waals surface area contributed by atoms with Crippen molar-refractivity contribution in [2.45, 2.75) is 91.1 Å². The van der Waals surface area contributed by atoms with Crippen molar-refractivity contribution in [1.82, 2.24) is 0 Å². The van der Waals surface area contributed by atoms with Gasteiger partial charge in [-0.15, -0.1) is 0 Å². The van der Waals surface area contributed by atoms with Crippen LogP contribution >= 0.6 is 0 Å². The van der Waals surface area contributed by atoms with Gasteiger partial charge in [0.15, 0.2) is 0 Å². The van der Waals surface area contributed by atoms with E-state index in [1.54, 1.807) is 0 Å². The fraction of sp³-hybridized carbons (Fsp3) is 0.900. The first kappa shape index (κ1) is 19.3. The first-order valence-electron chi connectivity index (χ1n) is 10.1. The highest BCUT2D eigenvalue weighted by Gasteiger charge is 2.34. The van der Waals surface area contributed by atoms with Crippen LogP contribution < -0.4 is 0 Å². The Kier molecular flexibility index (Phi) is 8.07. The second kappa shape index (κ2) is 10.0. The summed E-state index contributed by atoms with van der Waals surface area (Å²) in [6.45, 7) is 10.4. The largest absolute Gasteiger partial charge is 0.472 e. The van der Waals surface area contributed by atoms with E-state index in [1.807, 2.05) is 0 Å². The summed E-state index contributed by atoms with van der Waals surface area (Å²) in [5.41, 5.74) is 0. The molecule has 0 saturated heterocycles. The molecule has 0 amide bonds. The van der Waals surface area contributed by atoms with Crippen molar-refractivity contribution in [3.63, 3.8) is 0 Å². The molecule has 0 fully saturated rings. The zero-order chi connectivity index (χ0) is 17.4. The molecule has 24 heavy (non-hydrogen) atoms. The zero-order valence-electron chi connectivity index (χ0n) is 16.1. The Bertz CT molecular complexity index is 381. The molecule has 4 heteroatoms. The average molecular weight is 337 g/mol. The van der Waals surface area contributed by atoms with Crippen LogP contribution in [0.5, 0.6) is 0 Å². The maximum absolute atomic E-state index is 5.87. The lowest BCUT2D eigenvalue weighted by Gasteiger charge is -2.18. The summed E-state index contributed by atoms with van der Waals surface area (Å²) in [5.74, 6) is 2.57. The van der Waals surface area contributed by atoms with Gasteiger partial charge in [0.25, 0.3) is 11.8 Å². The summed E-state index contributed by atoms with van der Waals surface area (Å²) in [7, 11) is 0. The van der Waals surface area contributed by atoms with Gasteiger partial charge in [0.2, 0.25) is 0 Å². The van der Waals surface area contributed by atoms with Gasteiger partial charge in [-0.2, -0.15) is 0 Å². The quantitative estimate of drug-likeness (QED) is 0.532. The summed E-state index contributed by atoms with van der Waals surface area (Å²) in [5, 5.41) is 0. The van der Waals surface area contributed by atoms with Crippen LogP contribution in [0, 0.1) is 11.8 Å². The molecule has 0 radical (unpaired) electrons. The zero-order valence-corrected chi connectivity index (χ0v) is 16.1. The van der Waals surface area contributed by atoms with E-state index in [9.17, 15) is 0 Å². The van der Waals surface area contributed by atoms with Crippen LogP contribution in [0.3, 0.4) is 0 Å². The fourth-order valence-corrected chi connectivity index (χ4v) is 4.04. The molecule has 2 aliphatic rings. The van der Waals surface area contributed by atoms with Crippen molar-refractivity contribution in [2.24, 2.45) is 21.8 Å². The van der Waals surface area contributed by atoms with Crippen LogP contribution in [0.15, 0.2) is 9.98 Å².